The van der Waals surface area contributed by atoms with Crippen molar-refractivity contribution in [1.29, 1.82) is 0 Å². The summed E-state index contributed by atoms with van der Waals surface area (Å²) in [5, 5.41) is 11.3. The Bertz CT molecular complexity index is 686. The van der Waals surface area contributed by atoms with Crippen molar-refractivity contribution in [3.63, 3.8) is 0 Å². The molecule has 1 saturated carbocycles. The number of rotatable bonds is 8. The molecular formula is C16H19N3O2S3. The monoisotopic (exact) mass is 381 g/mol. The van der Waals surface area contributed by atoms with Gasteiger partial charge in [-0.1, -0.05) is 47.0 Å². The van der Waals surface area contributed by atoms with Crippen molar-refractivity contribution < 1.29 is 9.53 Å². The molecule has 1 atom stereocenters. The molecule has 24 heavy (non-hydrogen) atoms. The number of nitrogens with one attached hydrogen (secondary N) is 1. The largest absolute Gasteiger partial charge is 0.497 e. The zero-order valence-electron chi connectivity index (χ0n) is 13.5. The molecule has 1 aromatic heterocycles. The van der Waals surface area contributed by atoms with Crippen molar-refractivity contribution in [2.24, 2.45) is 0 Å². The maximum absolute atomic E-state index is 12.0. The Hall–Kier alpha value is -1.25. The van der Waals surface area contributed by atoms with Crippen LogP contribution in [-0.2, 0) is 10.5 Å². The number of carbonyl (C=O) groups is 1. The molecule has 2 aromatic rings. The minimum absolute atomic E-state index is 0.0881. The van der Waals surface area contributed by atoms with Crippen LogP contribution >= 0.6 is 34.9 Å². The van der Waals surface area contributed by atoms with E-state index in [0.29, 0.717) is 6.04 Å². The van der Waals surface area contributed by atoms with E-state index >= 15 is 0 Å². The van der Waals surface area contributed by atoms with Crippen LogP contribution in [0.3, 0.4) is 0 Å². The third-order valence-electron chi connectivity index (χ3n) is 3.48. The van der Waals surface area contributed by atoms with Crippen LogP contribution < -0.4 is 10.1 Å². The van der Waals surface area contributed by atoms with Gasteiger partial charge in [0.05, 0.1) is 12.4 Å². The Morgan fingerprint density at radius 1 is 1.33 bits per heavy atom. The summed E-state index contributed by atoms with van der Waals surface area (Å²) in [7, 11) is 1.66. The highest BCUT2D eigenvalue weighted by Gasteiger charge is 2.26. The van der Waals surface area contributed by atoms with Gasteiger partial charge in [-0.25, -0.2) is 0 Å². The minimum Gasteiger partial charge on any atom is -0.497 e. The molecule has 1 aliphatic carbocycles. The molecule has 1 aliphatic rings. The van der Waals surface area contributed by atoms with E-state index in [9.17, 15) is 4.79 Å². The molecule has 128 valence electrons. The topological polar surface area (TPSA) is 64.1 Å². The van der Waals surface area contributed by atoms with E-state index in [-0.39, 0.29) is 11.2 Å². The fraction of sp³-hybridized carbons (Fsp3) is 0.438. The summed E-state index contributed by atoms with van der Waals surface area (Å²) in [6.45, 7) is 1.91. The number of hydrogen-bond acceptors (Lipinski definition) is 7. The zero-order chi connectivity index (χ0) is 16.9. The third-order valence-corrected chi connectivity index (χ3v) is 6.79. The van der Waals surface area contributed by atoms with Crippen molar-refractivity contribution in [3.8, 4) is 5.75 Å². The van der Waals surface area contributed by atoms with Crippen LogP contribution in [0.1, 0.15) is 25.3 Å². The van der Waals surface area contributed by atoms with Crippen LogP contribution in [0.2, 0.25) is 0 Å². The molecule has 0 aliphatic heterocycles. The lowest BCUT2D eigenvalue weighted by molar-refractivity contribution is -0.120. The van der Waals surface area contributed by atoms with Crippen LogP contribution in [-0.4, -0.2) is 34.5 Å². The van der Waals surface area contributed by atoms with Crippen LogP contribution in [0.4, 0.5) is 0 Å². The first kappa shape index (κ1) is 17.6. The van der Waals surface area contributed by atoms with Gasteiger partial charge in [0.1, 0.15) is 5.75 Å². The fourth-order valence-corrected chi connectivity index (χ4v) is 5.05. The molecule has 5 nitrogen and oxygen atoms in total. The summed E-state index contributed by atoms with van der Waals surface area (Å²) < 4.78 is 6.91. The average Bonchev–Trinajstić information content (AvgIpc) is 3.30. The van der Waals surface area contributed by atoms with Gasteiger partial charge in [0.2, 0.25) is 5.91 Å². The molecule has 1 aromatic carbocycles. The van der Waals surface area contributed by atoms with E-state index in [1.54, 1.807) is 18.9 Å². The Kier molecular flexibility index (Phi) is 6.02. The van der Waals surface area contributed by atoms with Crippen molar-refractivity contribution in [2.75, 3.05) is 7.11 Å². The molecule has 3 rings (SSSR count). The molecule has 0 saturated heterocycles. The Labute approximate surface area is 154 Å². The second kappa shape index (κ2) is 8.22. The van der Waals surface area contributed by atoms with E-state index in [0.717, 1.165) is 33.0 Å². The second-order valence-electron chi connectivity index (χ2n) is 5.51. The first-order valence-electron chi connectivity index (χ1n) is 7.70. The predicted molar refractivity (Wildman–Crippen MR) is 98.9 cm³/mol. The molecule has 0 radical (unpaired) electrons. The zero-order valence-corrected chi connectivity index (χ0v) is 16.0. The number of nitrogens with zero attached hydrogens (tertiary/aromatic N) is 2. The van der Waals surface area contributed by atoms with E-state index < -0.39 is 0 Å². The Morgan fingerprint density at radius 3 is 2.71 bits per heavy atom. The maximum atomic E-state index is 12.0. The number of carbonyl (C=O) groups excluding carboxylic acids is 1. The number of amides is 1. The summed E-state index contributed by atoms with van der Waals surface area (Å²) in [6.07, 6.45) is 2.21. The molecule has 0 spiro atoms. The molecule has 0 bridgehead atoms. The van der Waals surface area contributed by atoms with Gasteiger partial charge in [-0.15, -0.1) is 10.2 Å². The van der Waals surface area contributed by atoms with Crippen molar-refractivity contribution in [1.82, 2.24) is 15.5 Å². The highest BCUT2D eigenvalue weighted by molar-refractivity contribution is 8.03. The van der Waals surface area contributed by atoms with Crippen LogP contribution in [0.15, 0.2) is 32.9 Å². The third kappa shape index (κ3) is 5.12. The summed E-state index contributed by atoms with van der Waals surface area (Å²) in [6, 6.07) is 8.40. The van der Waals surface area contributed by atoms with Crippen LogP contribution in [0.5, 0.6) is 5.75 Å². The molecule has 1 heterocycles. The van der Waals surface area contributed by atoms with Gasteiger partial charge in [0, 0.05) is 11.8 Å². The normalized spacial score (nSPS) is 15.1. The molecule has 0 unspecified atom stereocenters. The number of benzene rings is 1. The Balaban J connectivity index is 1.48. The molecule has 8 heteroatoms. The number of hydrogen-bond donors (Lipinski definition) is 1. The number of methoxy groups -OCH3 is 1. The van der Waals surface area contributed by atoms with Gasteiger partial charge in [0.15, 0.2) is 8.68 Å². The van der Waals surface area contributed by atoms with E-state index in [2.05, 4.69) is 15.5 Å². The lowest BCUT2D eigenvalue weighted by atomic mass is 10.2. The number of ether oxygens (including phenoxy) is 1. The van der Waals surface area contributed by atoms with Gasteiger partial charge in [0.25, 0.3) is 0 Å². The fourth-order valence-electron chi connectivity index (χ4n) is 1.92. The first-order valence-corrected chi connectivity index (χ1v) is 10.4. The second-order valence-corrected chi connectivity index (χ2v) is 9.30. The highest BCUT2D eigenvalue weighted by atomic mass is 32.2. The molecular weight excluding hydrogens is 362 g/mol. The van der Waals surface area contributed by atoms with Gasteiger partial charge in [-0.3, -0.25) is 4.79 Å². The van der Waals surface area contributed by atoms with Gasteiger partial charge >= 0.3 is 0 Å². The van der Waals surface area contributed by atoms with Crippen molar-refractivity contribution in [2.45, 2.75) is 45.5 Å². The van der Waals surface area contributed by atoms with E-state index in [1.807, 2.05) is 31.2 Å². The predicted octanol–water partition coefficient (Wildman–Crippen LogP) is 3.60. The Morgan fingerprint density at radius 2 is 2.04 bits per heavy atom. The van der Waals surface area contributed by atoms with E-state index in [1.165, 1.54) is 28.7 Å². The quantitative estimate of drug-likeness (QED) is 0.705. The molecule has 1 fully saturated rings. The average molecular weight is 382 g/mol. The smallest absolute Gasteiger partial charge is 0.233 e. The number of aromatic nitrogens is 2. The van der Waals surface area contributed by atoms with Gasteiger partial charge in [-0.05, 0) is 37.5 Å². The van der Waals surface area contributed by atoms with Crippen molar-refractivity contribution >= 4 is 40.8 Å². The van der Waals surface area contributed by atoms with Crippen LogP contribution in [0, 0.1) is 0 Å². The summed E-state index contributed by atoms with van der Waals surface area (Å²) in [4.78, 5) is 12.0. The standard InChI is InChI=1S/C16H19N3O2S3/c1-10(14(20)17-12-5-6-12)23-16-19-18-15(24-16)22-9-11-3-7-13(21-2)8-4-11/h3-4,7-8,10,12H,5-6,9H2,1-2H3,(H,17,20)/t10-/m1/s1. The SMILES string of the molecule is COc1ccc(CSc2nnc(S[C@H](C)C(=O)NC3CC3)s2)cc1. The van der Waals surface area contributed by atoms with Crippen molar-refractivity contribution in [3.05, 3.63) is 29.8 Å². The minimum atomic E-state index is -0.141. The summed E-state index contributed by atoms with van der Waals surface area (Å²) >= 11 is 4.67. The lowest BCUT2D eigenvalue weighted by Gasteiger charge is -2.08. The molecule has 1 amide bonds. The van der Waals surface area contributed by atoms with Gasteiger partial charge in [-0.2, -0.15) is 0 Å². The molecule has 1 N–H and O–H groups in total. The maximum Gasteiger partial charge on any atom is 0.233 e. The van der Waals surface area contributed by atoms with Gasteiger partial charge < -0.3 is 10.1 Å². The van der Waals surface area contributed by atoms with E-state index in [4.69, 9.17) is 4.74 Å². The summed E-state index contributed by atoms with van der Waals surface area (Å²) in [5.41, 5.74) is 1.21. The lowest BCUT2D eigenvalue weighted by Crippen LogP contribution is -2.32. The first-order chi connectivity index (χ1) is 11.6. The van der Waals surface area contributed by atoms with Crippen LogP contribution in [0.25, 0.3) is 0 Å². The summed E-state index contributed by atoms with van der Waals surface area (Å²) in [5.74, 6) is 1.78. The highest BCUT2D eigenvalue weighted by Crippen LogP contribution is 2.33. The number of thioether (sulfide) groups is 2.